The number of anilines is 1. The van der Waals surface area contributed by atoms with Crippen LogP contribution in [0.4, 0.5) is 5.95 Å². The van der Waals surface area contributed by atoms with Gasteiger partial charge in [-0.25, -0.2) is 9.97 Å². The molecule has 0 amide bonds. The quantitative estimate of drug-likeness (QED) is 0.643. The molecule has 0 saturated heterocycles. The van der Waals surface area contributed by atoms with Crippen molar-refractivity contribution < 1.29 is 9.90 Å². The Bertz CT molecular complexity index is 284. The molecule has 0 fully saturated rings. The molecule has 2 N–H and O–H groups in total. The normalized spacial score (nSPS) is 9.69. The number of aliphatic hydroxyl groups excluding tert-OH is 1. The molecule has 0 aliphatic rings. The van der Waals surface area contributed by atoms with E-state index in [1.807, 2.05) is 0 Å². The van der Waals surface area contributed by atoms with Crippen LogP contribution >= 0.6 is 0 Å². The van der Waals surface area contributed by atoms with Crippen molar-refractivity contribution in [2.24, 2.45) is 0 Å². The Labute approximate surface area is 75.8 Å². The molecule has 5 nitrogen and oxygen atoms in total. The third-order valence-electron chi connectivity index (χ3n) is 1.45. The van der Waals surface area contributed by atoms with E-state index in [-0.39, 0.29) is 12.4 Å². The van der Waals surface area contributed by atoms with Crippen molar-refractivity contribution in [1.82, 2.24) is 9.97 Å². The molecule has 5 heteroatoms. The molecule has 0 atom stereocenters. The van der Waals surface area contributed by atoms with Gasteiger partial charge in [0.15, 0.2) is 5.78 Å². The number of aliphatic hydroxyl groups is 1. The molecule has 0 radical (unpaired) electrons. The molecular weight excluding hydrogens is 170 g/mol. The third-order valence-corrected chi connectivity index (χ3v) is 1.45. The first-order valence-electron chi connectivity index (χ1n) is 3.91. The van der Waals surface area contributed by atoms with Crippen LogP contribution in [0.15, 0.2) is 12.4 Å². The Kier molecular flexibility index (Phi) is 3.33. The number of carbonyl (C=O) groups excluding carboxylic acids is 1. The molecule has 0 aliphatic heterocycles. The van der Waals surface area contributed by atoms with Crippen LogP contribution in [0.2, 0.25) is 0 Å². The van der Waals surface area contributed by atoms with Crippen molar-refractivity contribution in [3.63, 3.8) is 0 Å². The van der Waals surface area contributed by atoms with E-state index in [2.05, 4.69) is 15.3 Å². The summed E-state index contributed by atoms with van der Waals surface area (Å²) in [5, 5.41) is 11.3. The van der Waals surface area contributed by atoms with Gasteiger partial charge in [0.1, 0.15) is 0 Å². The first-order valence-corrected chi connectivity index (χ1v) is 3.91. The number of carbonyl (C=O) groups is 1. The summed E-state index contributed by atoms with van der Waals surface area (Å²) in [4.78, 5) is 18.6. The average Bonchev–Trinajstić information content (AvgIpc) is 2.15. The van der Waals surface area contributed by atoms with Crippen molar-refractivity contribution >= 4 is 11.7 Å². The fourth-order valence-electron chi connectivity index (χ4n) is 0.769. The van der Waals surface area contributed by atoms with Crippen LogP contribution < -0.4 is 5.32 Å². The number of nitrogens with one attached hydrogen (secondary N) is 1. The highest BCUT2D eigenvalue weighted by molar-refractivity contribution is 5.93. The van der Waals surface area contributed by atoms with Crippen LogP contribution in [-0.4, -0.2) is 34.0 Å². The predicted molar refractivity (Wildman–Crippen MR) is 47.6 cm³/mol. The lowest BCUT2D eigenvalue weighted by Gasteiger charge is -2.01. The summed E-state index contributed by atoms with van der Waals surface area (Å²) in [6.07, 6.45) is 2.91. The van der Waals surface area contributed by atoms with E-state index in [9.17, 15) is 4.79 Å². The molecule has 1 heterocycles. The second-order valence-corrected chi connectivity index (χ2v) is 2.50. The maximum atomic E-state index is 10.8. The zero-order chi connectivity index (χ0) is 9.68. The van der Waals surface area contributed by atoms with E-state index in [1.54, 1.807) is 0 Å². The van der Waals surface area contributed by atoms with Crippen LogP contribution in [-0.2, 0) is 0 Å². The SMILES string of the molecule is CC(=O)c1cnc(NCCO)nc1. The molecule has 13 heavy (non-hydrogen) atoms. The van der Waals surface area contributed by atoms with E-state index in [1.165, 1.54) is 19.3 Å². The van der Waals surface area contributed by atoms with Gasteiger partial charge in [0.25, 0.3) is 0 Å². The molecule has 1 rings (SSSR count). The van der Waals surface area contributed by atoms with Gasteiger partial charge in [-0.15, -0.1) is 0 Å². The second-order valence-electron chi connectivity index (χ2n) is 2.50. The minimum absolute atomic E-state index is 0.0256. The minimum atomic E-state index is -0.0614. The lowest BCUT2D eigenvalue weighted by molar-refractivity contribution is 0.101. The summed E-state index contributed by atoms with van der Waals surface area (Å²) < 4.78 is 0. The summed E-state index contributed by atoms with van der Waals surface area (Å²) >= 11 is 0. The Balaban J connectivity index is 2.64. The number of nitrogens with zero attached hydrogens (tertiary/aromatic N) is 2. The Morgan fingerprint density at radius 2 is 2.15 bits per heavy atom. The number of hydrogen-bond acceptors (Lipinski definition) is 5. The van der Waals surface area contributed by atoms with Gasteiger partial charge in [0.2, 0.25) is 5.95 Å². The molecule has 0 aromatic carbocycles. The van der Waals surface area contributed by atoms with Crippen LogP contribution in [0.5, 0.6) is 0 Å². The molecule has 0 aliphatic carbocycles. The van der Waals surface area contributed by atoms with Gasteiger partial charge >= 0.3 is 0 Å². The first kappa shape index (κ1) is 9.60. The lowest BCUT2D eigenvalue weighted by Crippen LogP contribution is -2.09. The summed E-state index contributed by atoms with van der Waals surface area (Å²) in [5.74, 6) is 0.354. The highest BCUT2D eigenvalue weighted by Gasteiger charge is 2.00. The van der Waals surface area contributed by atoms with Gasteiger partial charge in [-0.2, -0.15) is 0 Å². The number of ketones is 1. The first-order chi connectivity index (χ1) is 6.24. The molecule has 0 spiro atoms. The van der Waals surface area contributed by atoms with Crippen molar-refractivity contribution in [2.75, 3.05) is 18.5 Å². The van der Waals surface area contributed by atoms with Crippen LogP contribution in [0.1, 0.15) is 17.3 Å². The monoisotopic (exact) mass is 181 g/mol. The topological polar surface area (TPSA) is 75.1 Å². The van der Waals surface area contributed by atoms with Crippen LogP contribution in [0, 0.1) is 0 Å². The van der Waals surface area contributed by atoms with E-state index >= 15 is 0 Å². The van der Waals surface area contributed by atoms with Gasteiger partial charge in [-0.3, -0.25) is 4.79 Å². The maximum Gasteiger partial charge on any atom is 0.222 e. The zero-order valence-electron chi connectivity index (χ0n) is 7.32. The summed E-state index contributed by atoms with van der Waals surface area (Å²) in [6.45, 7) is 1.89. The van der Waals surface area contributed by atoms with Gasteiger partial charge < -0.3 is 10.4 Å². The number of Topliss-reactive ketones (excluding diaryl/α,β-unsaturated/α-hetero) is 1. The molecule has 0 bridgehead atoms. The highest BCUT2D eigenvalue weighted by Crippen LogP contribution is 1.99. The Morgan fingerprint density at radius 3 is 2.62 bits per heavy atom. The van der Waals surface area contributed by atoms with Gasteiger partial charge in [0, 0.05) is 18.9 Å². The average molecular weight is 181 g/mol. The van der Waals surface area contributed by atoms with Crippen molar-refractivity contribution in [1.29, 1.82) is 0 Å². The standard InChI is InChI=1S/C8H11N3O2/c1-6(13)7-4-10-8(11-5-7)9-2-3-12/h4-5,12H,2-3H2,1H3,(H,9,10,11). The highest BCUT2D eigenvalue weighted by atomic mass is 16.3. The lowest BCUT2D eigenvalue weighted by atomic mass is 10.2. The minimum Gasteiger partial charge on any atom is -0.395 e. The molecule has 1 aromatic heterocycles. The van der Waals surface area contributed by atoms with Gasteiger partial charge in [-0.1, -0.05) is 0 Å². The number of aromatic nitrogens is 2. The fourth-order valence-corrected chi connectivity index (χ4v) is 0.769. The van der Waals surface area contributed by atoms with Crippen molar-refractivity contribution in [3.8, 4) is 0 Å². The molecule has 0 unspecified atom stereocenters. The van der Waals surface area contributed by atoms with Crippen molar-refractivity contribution in [2.45, 2.75) is 6.92 Å². The zero-order valence-corrected chi connectivity index (χ0v) is 7.32. The van der Waals surface area contributed by atoms with Crippen LogP contribution in [0.3, 0.4) is 0 Å². The van der Waals surface area contributed by atoms with E-state index in [4.69, 9.17) is 5.11 Å². The Morgan fingerprint density at radius 1 is 1.54 bits per heavy atom. The molecule has 70 valence electrons. The Hall–Kier alpha value is -1.49. The largest absolute Gasteiger partial charge is 0.395 e. The summed E-state index contributed by atoms with van der Waals surface area (Å²) in [5.41, 5.74) is 0.481. The van der Waals surface area contributed by atoms with E-state index in [0.29, 0.717) is 18.1 Å². The molecular formula is C8H11N3O2. The molecule has 0 saturated carbocycles. The van der Waals surface area contributed by atoms with Crippen molar-refractivity contribution in [3.05, 3.63) is 18.0 Å². The summed E-state index contributed by atoms with van der Waals surface area (Å²) in [6, 6.07) is 0. The van der Waals surface area contributed by atoms with Gasteiger partial charge in [0.05, 0.1) is 12.2 Å². The third kappa shape index (κ3) is 2.79. The fraction of sp³-hybridized carbons (Fsp3) is 0.375. The smallest absolute Gasteiger partial charge is 0.222 e. The predicted octanol–water partition coefficient (Wildman–Crippen LogP) is 0.0834. The number of hydrogen-bond donors (Lipinski definition) is 2. The number of rotatable bonds is 4. The van der Waals surface area contributed by atoms with E-state index in [0.717, 1.165) is 0 Å². The van der Waals surface area contributed by atoms with Gasteiger partial charge in [-0.05, 0) is 6.92 Å². The maximum absolute atomic E-state index is 10.8. The van der Waals surface area contributed by atoms with Crippen LogP contribution in [0.25, 0.3) is 0 Å². The molecule has 1 aromatic rings. The summed E-state index contributed by atoms with van der Waals surface area (Å²) in [7, 11) is 0. The van der Waals surface area contributed by atoms with E-state index < -0.39 is 0 Å². The second kappa shape index (κ2) is 4.51.